The first kappa shape index (κ1) is 23.4. The van der Waals surface area contributed by atoms with E-state index < -0.39 is 0 Å². The molecule has 0 aliphatic heterocycles. The first-order chi connectivity index (χ1) is 12.7. The van der Waals surface area contributed by atoms with E-state index in [4.69, 9.17) is 0 Å². The molecule has 0 aliphatic carbocycles. The van der Waals surface area contributed by atoms with Crippen LogP contribution in [0.15, 0.2) is 54.6 Å². The molecule has 2 aromatic carbocycles. The summed E-state index contributed by atoms with van der Waals surface area (Å²) in [6, 6.07) is 16.0. The molecule has 2 rings (SSSR count). The quantitative estimate of drug-likeness (QED) is 0.669. The van der Waals surface area contributed by atoms with Crippen molar-refractivity contribution in [3.8, 4) is 0 Å². The van der Waals surface area contributed by atoms with Gasteiger partial charge < -0.3 is 10.6 Å². The Bertz CT molecular complexity index is 640. The van der Waals surface area contributed by atoms with E-state index in [9.17, 15) is 9.59 Å². The van der Waals surface area contributed by atoms with Crippen molar-refractivity contribution in [3.05, 3.63) is 65.7 Å². The molecule has 0 bridgehead atoms. The van der Waals surface area contributed by atoms with Gasteiger partial charge in [-0.2, -0.15) is 0 Å². The number of carbonyl (C=O) groups is 2. The minimum Gasteiger partial charge on any atom is -0.352 e. The summed E-state index contributed by atoms with van der Waals surface area (Å²) >= 11 is 0. The summed E-state index contributed by atoms with van der Waals surface area (Å²) in [4.78, 5) is 24.6. The van der Waals surface area contributed by atoms with Gasteiger partial charge in [-0.15, -0.1) is 0 Å². The minimum absolute atomic E-state index is 0.215. The van der Waals surface area contributed by atoms with Gasteiger partial charge in [0.2, 0.25) is 0 Å². The van der Waals surface area contributed by atoms with Gasteiger partial charge >= 0.3 is 0 Å². The molecular weight excluding hydrogens is 324 g/mol. The number of nitrogens with one attached hydrogen (secondary N) is 2. The molecule has 0 saturated carbocycles. The van der Waals surface area contributed by atoms with Crippen LogP contribution in [0.25, 0.3) is 0 Å². The summed E-state index contributed by atoms with van der Waals surface area (Å²) in [5.41, 5.74) is 1.47. The SMILES string of the molecule is CC.CC.CCCCNC(=O)c1ccccc1C(=O)Nc1ccccc1. The van der Waals surface area contributed by atoms with Gasteiger partial charge in [0, 0.05) is 12.2 Å². The van der Waals surface area contributed by atoms with Crippen molar-refractivity contribution < 1.29 is 9.59 Å². The third kappa shape index (κ3) is 7.97. The van der Waals surface area contributed by atoms with Gasteiger partial charge in [0.05, 0.1) is 11.1 Å². The van der Waals surface area contributed by atoms with Crippen molar-refractivity contribution in [1.82, 2.24) is 5.32 Å². The fourth-order valence-electron chi connectivity index (χ4n) is 2.07. The van der Waals surface area contributed by atoms with Crippen LogP contribution in [0.1, 0.15) is 68.2 Å². The highest BCUT2D eigenvalue weighted by Gasteiger charge is 2.16. The Hall–Kier alpha value is -2.62. The normalized spacial score (nSPS) is 8.96. The van der Waals surface area contributed by atoms with E-state index in [-0.39, 0.29) is 11.8 Å². The van der Waals surface area contributed by atoms with E-state index in [1.807, 2.05) is 58.0 Å². The van der Waals surface area contributed by atoms with E-state index in [1.165, 1.54) is 0 Å². The van der Waals surface area contributed by atoms with Gasteiger partial charge in [-0.3, -0.25) is 9.59 Å². The predicted octanol–water partition coefficient (Wildman–Crippen LogP) is 5.52. The summed E-state index contributed by atoms with van der Waals surface area (Å²) in [6.45, 7) is 10.7. The third-order valence-electron chi connectivity index (χ3n) is 3.26. The lowest BCUT2D eigenvalue weighted by Crippen LogP contribution is -2.27. The lowest BCUT2D eigenvalue weighted by atomic mass is 10.1. The molecule has 2 N–H and O–H groups in total. The molecule has 142 valence electrons. The van der Waals surface area contributed by atoms with Crippen LogP contribution in [0.4, 0.5) is 5.69 Å². The number of para-hydroxylation sites is 1. The van der Waals surface area contributed by atoms with Crippen LogP contribution in [0, 0.1) is 0 Å². The van der Waals surface area contributed by atoms with Crippen LogP contribution in [0.3, 0.4) is 0 Å². The molecule has 0 heterocycles. The van der Waals surface area contributed by atoms with Gasteiger partial charge in [-0.05, 0) is 30.7 Å². The van der Waals surface area contributed by atoms with E-state index in [0.717, 1.165) is 12.8 Å². The summed E-state index contributed by atoms with van der Waals surface area (Å²) in [5, 5.41) is 5.64. The maximum absolute atomic E-state index is 12.4. The van der Waals surface area contributed by atoms with Crippen LogP contribution >= 0.6 is 0 Å². The molecule has 0 spiro atoms. The monoisotopic (exact) mass is 356 g/mol. The van der Waals surface area contributed by atoms with Crippen molar-refractivity contribution >= 4 is 17.5 Å². The Balaban J connectivity index is 0.00000146. The van der Waals surface area contributed by atoms with Gasteiger partial charge in [0.1, 0.15) is 0 Å². The highest BCUT2D eigenvalue weighted by atomic mass is 16.2. The van der Waals surface area contributed by atoms with Crippen molar-refractivity contribution in [3.63, 3.8) is 0 Å². The Morgan fingerprint density at radius 2 is 1.27 bits per heavy atom. The molecule has 26 heavy (non-hydrogen) atoms. The number of carbonyl (C=O) groups excluding carboxylic acids is 2. The van der Waals surface area contributed by atoms with Crippen molar-refractivity contribution in [1.29, 1.82) is 0 Å². The first-order valence-corrected chi connectivity index (χ1v) is 9.46. The second-order valence-electron chi connectivity index (χ2n) is 4.98. The van der Waals surface area contributed by atoms with Crippen LogP contribution in [0.2, 0.25) is 0 Å². The average molecular weight is 357 g/mol. The van der Waals surface area contributed by atoms with Gasteiger partial charge in [0.25, 0.3) is 11.8 Å². The molecule has 0 atom stereocenters. The fraction of sp³-hybridized carbons (Fsp3) is 0.364. The summed E-state index contributed by atoms with van der Waals surface area (Å²) in [7, 11) is 0. The Kier molecular flexibility index (Phi) is 13.2. The number of amides is 2. The van der Waals surface area contributed by atoms with Crippen LogP contribution in [-0.4, -0.2) is 18.4 Å². The minimum atomic E-state index is -0.285. The number of hydrogen-bond acceptors (Lipinski definition) is 2. The fourth-order valence-corrected chi connectivity index (χ4v) is 2.07. The van der Waals surface area contributed by atoms with E-state index >= 15 is 0 Å². The van der Waals surface area contributed by atoms with Crippen molar-refractivity contribution in [2.45, 2.75) is 47.5 Å². The number of anilines is 1. The molecule has 2 amide bonds. The zero-order chi connectivity index (χ0) is 19.8. The first-order valence-electron chi connectivity index (χ1n) is 9.46. The molecule has 2 aromatic rings. The van der Waals surface area contributed by atoms with Crippen molar-refractivity contribution in [2.24, 2.45) is 0 Å². The molecule has 0 unspecified atom stereocenters. The number of rotatable bonds is 6. The van der Waals surface area contributed by atoms with Crippen LogP contribution in [-0.2, 0) is 0 Å². The molecule has 0 radical (unpaired) electrons. The van der Waals surface area contributed by atoms with E-state index in [1.54, 1.807) is 24.3 Å². The Morgan fingerprint density at radius 3 is 1.81 bits per heavy atom. The van der Waals surface area contributed by atoms with E-state index in [0.29, 0.717) is 23.4 Å². The molecular formula is C22H32N2O2. The molecule has 0 saturated heterocycles. The largest absolute Gasteiger partial charge is 0.352 e. The van der Waals surface area contributed by atoms with Gasteiger partial charge in [-0.25, -0.2) is 0 Å². The van der Waals surface area contributed by atoms with Crippen LogP contribution < -0.4 is 10.6 Å². The highest BCUT2D eigenvalue weighted by Crippen LogP contribution is 2.13. The smallest absolute Gasteiger partial charge is 0.256 e. The molecule has 0 aromatic heterocycles. The van der Waals surface area contributed by atoms with Gasteiger partial charge in [-0.1, -0.05) is 71.4 Å². The maximum atomic E-state index is 12.4. The zero-order valence-electron chi connectivity index (χ0n) is 16.6. The summed E-state index contributed by atoms with van der Waals surface area (Å²) in [6.07, 6.45) is 1.93. The topological polar surface area (TPSA) is 58.2 Å². The Labute approximate surface area is 158 Å². The predicted molar refractivity (Wildman–Crippen MR) is 111 cm³/mol. The maximum Gasteiger partial charge on any atom is 0.256 e. The van der Waals surface area contributed by atoms with E-state index in [2.05, 4.69) is 17.6 Å². The standard InChI is InChI=1S/C18H20N2O2.2C2H6/c1-2-3-13-19-17(21)15-11-7-8-12-16(15)18(22)20-14-9-5-4-6-10-14;2*1-2/h4-12H,2-3,13H2,1H3,(H,19,21)(H,20,22);2*1-2H3. The number of benzene rings is 2. The average Bonchev–Trinajstić information content (AvgIpc) is 2.72. The summed E-state index contributed by atoms with van der Waals surface area (Å²) < 4.78 is 0. The number of unbranched alkanes of at least 4 members (excludes halogenated alkanes) is 1. The summed E-state index contributed by atoms with van der Waals surface area (Å²) in [5.74, 6) is -0.500. The lowest BCUT2D eigenvalue weighted by Gasteiger charge is -2.10. The lowest BCUT2D eigenvalue weighted by molar-refractivity contribution is 0.0940. The number of hydrogen-bond donors (Lipinski definition) is 2. The molecule has 0 aliphatic rings. The van der Waals surface area contributed by atoms with Crippen molar-refractivity contribution in [2.75, 3.05) is 11.9 Å². The highest BCUT2D eigenvalue weighted by molar-refractivity contribution is 6.12. The zero-order valence-corrected chi connectivity index (χ0v) is 16.6. The molecule has 0 fully saturated rings. The second-order valence-corrected chi connectivity index (χ2v) is 4.98. The second kappa shape index (κ2) is 14.7. The van der Waals surface area contributed by atoms with Gasteiger partial charge in [0.15, 0.2) is 0 Å². The molecule has 4 nitrogen and oxygen atoms in total. The Morgan fingerprint density at radius 1 is 0.769 bits per heavy atom. The molecule has 4 heteroatoms. The third-order valence-corrected chi connectivity index (χ3v) is 3.26. The van der Waals surface area contributed by atoms with Crippen LogP contribution in [0.5, 0.6) is 0 Å².